The minimum absolute atomic E-state index is 0.00780. The molecule has 2 heterocycles. The lowest BCUT2D eigenvalue weighted by atomic mass is 10.1. The molecule has 5 nitrogen and oxygen atoms in total. The zero-order valence-corrected chi connectivity index (χ0v) is 15.0. The first-order valence-electron chi connectivity index (χ1n) is 8.16. The summed E-state index contributed by atoms with van der Waals surface area (Å²) in [6.07, 6.45) is 1.80. The predicted octanol–water partition coefficient (Wildman–Crippen LogP) is 2.65. The van der Waals surface area contributed by atoms with Gasteiger partial charge < -0.3 is 10.1 Å². The quantitative estimate of drug-likeness (QED) is 0.905. The third-order valence-electron chi connectivity index (χ3n) is 4.45. The van der Waals surface area contributed by atoms with E-state index in [2.05, 4.69) is 29.0 Å². The van der Waals surface area contributed by atoms with Gasteiger partial charge in [-0.25, -0.2) is 4.98 Å². The van der Waals surface area contributed by atoms with Crippen molar-refractivity contribution < 1.29 is 9.53 Å². The molecule has 0 aliphatic carbocycles. The fourth-order valence-corrected chi connectivity index (χ4v) is 3.65. The number of hydrogen-bond acceptors (Lipinski definition) is 5. The lowest BCUT2D eigenvalue weighted by Gasteiger charge is -2.20. The highest BCUT2D eigenvalue weighted by Gasteiger charge is 2.35. The van der Waals surface area contributed by atoms with Crippen molar-refractivity contribution in [3.8, 4) is 10.6 Å². The van der Waals surface area contributed by atoms with Crippen molar-refractivity contribution >= 4 is 17.2 Å². The van der Waals surface area contributed by atoms with Crippen LogP contribution in [0.4, 0.5) is 0 Å². The number of methoxy groups -OCH3 is 1. The number of rotatable bonds is 5. The Morgan fingerprint density at radius 1 is 1.42 bits per heavy atom. The van der Waals surface area contributed by atoms with Gasteiger partial charge in [0.1, 0.15) is 5.01 Å². The molecular weight excluding hydrogens is 322 g/mol. The summed E-state index contributed by atoms with van der Waals surface area (Å²) >= 11 is 1.57. The first-order chi connectivity index (χ1) is 11.6. The number of aromatic nitrogens is 1. The van der Waals surface area contributed by atoms with Crippen LogP contribution in [-0.4, -0.2) is 54.2 Å². The fourth-order valence-electron chi connectivity index (χ4n) is 3.01. The van der Waals surface area contributed by atoms with Gasteiger partial charge in [-0.3, -0.25) is 9.69 Å². The number of amides is 1. The van der Waals surface area contributed by atoms with E-state index in [-0.39, 0.29) is 18.1 Å². The summed E-state index contributed by atoms with van der Waals surface area (Å²) in [6.45, 7) is 5.98. The molecule has 0 saturated carbocycles. The number of benzene rings is 1. The standard InChI is InChI=1S/C18H23N3O2S/c1-12(2)21-10-15(16(11-21)23-3)20-17(22)13-5-4-6-14(9-13)18-19-7-8-24-18/h4-9,12,15-16H,10-11H2,1-3H3,(H,20,22)/t15-,16-/m1/s1. The van der Waals surface area contributed by atoms with Crippen molar-refractivity contribution in [2.75, 3.05) is 20.2 Å². The average Bonchev–Trinajstić information content (AvgIpc) is 3.24. The maximum Gasteiger partial charge on any atom is 0.251 e. The van der Waals surface area contributed by atoms with Crippen LogP contribution in [0.25, 0.3) is 10.6 Å². The number of thiazole rings is 1. The maximum atomic E-state index is 12.7. The third kappa shape index (κ3) is 3.66. The Kier molecular flexibility index (Phi) is 5.28. The second kappa shape index (κ2) is 7.42. The minimum Gasteiger partial charge on any atom is -0.378 e. The molecule has 1 aromatic carbocycles. The van der Waals surface area contributed by atoms with E-state index in [1.54, 1.807) is 24.6 Å². The first-order valence-corrected chi connectivity index (χ1v) is 9.04. The highest BCUT2D eigenvalue weighted by molar-refractivity contribution is 7.13. The van der Waals surface area contributed by atoms with Gasteiger partial charge in [-0.2, -0.15) is 0 Å². The zero-order chi connectivity index (χ0) is 17.1. The monoisotopic (exact) mass is 345 g/mol. The van der Waals surface area contributed by atoms with Gasteiger partial charge in [0.2, 0.25) is 0 Å². The molecule has 1 amide bonds. The topological polar surface area (TPSA) is 54.5 Å². The minimum atomic E-state index is -0.0638. The van der Waals surface area contributed by atoms with Crippen LogP contribution >= 0.6 is 11.3 Å². The molecule has 1 N–H and O–H groups in total. The van der Waals surface area contributed by atoms with Crippen molar-refractivity contribution in [1.82, 2.24) is 15.2 Å². The Bertz CT molecular complexity index is 687. The molecule has 0 spiro atoms. The Hall–Kier alpha value is -1.76. The van der Waals surface area contributed by atoms with Crippen LogP contribution in [0.3, 0.4) is 0 Å². The maximum absolute atomic E-state index is 12.7. The van der Waals surface area contributed by atoms with Crippen molar-refractivity contribution in [1.29, 1.82) is 0 Å². The molecule has 6 heteroatoms. The van der Waals surface area contributed by atoms with Crippen LogP contribution in [0.15, 0.2) is 35.8 Å². The van der Waals surface area contributed by atoms with E-state index >= 15 is 0 Å². The van der Waals surface area contributed by atoms with Gasteiger partial charge >= 0.3 is 0 Å². The lowest BCUT2D eigenvalue weighted by molar-refractivity contribution is 0.0753. The molecule has 2 atom stereocenters. The molecule has 0 radical (unpaired) electrons. The summed E-state index contributed by atoms with van der Waals surface area (Å²) < 4.78 is 5.56. The van der Waals surface area contributed by atoms with E-state index in [1.165, 1.54) is 0 Å². The molecule has 1 aromatic heterocycles. The van der Waals surface area contributed by atoms with Gasteiger partial charge in [0.15, 0.2) is 0 Å². The van der Waals surface area contributed by atoms with Crippen molar-refractivity contribution in [2.24, 2.45) is 0 Å². The second-order valence-electron chi connectivity index (χ2n) is 6.32. The van der Waals surface area contributed by atoms with E-state index in [0.717, 1.165) is 23.7 Å². The second-order valence-corrected chi connectivity index (χ2v) is 7.21. The van der Waals surface area contributed by atoms with Gasteiger partial charge in [-0.15, -0.1) is 11.3 Å². The van der Waals surface area contributed by atoms with Gasteiger partial charge in [0.25, 0.3) is 5.91 Å². The van der Waals surface area contributed by atoms with Crippen LogP contribution in [0.1, 0.15) is 24.2 Å². The molecule has 128 valence electrons. The van der Waals surface area contributed by atoms with Crippen molar-refractivity contribution in [3.63, 3.8) is 0 Å². The Labute approximate surface area is 146 Å². The zero-order valence-electron chi connectivity index (χ0n) is 14.2. The van der Waals surface area contributed by atoms with E-state index in [9.17, 15) is 4.79 Å². The summed E-state index contributed by atoms with van der Waals surface area (Å²) in [5.74, 6) is -0.0638. The van der Waals surface area contributed by atoms with Gasteiger partial charge in [-0.1, -0.05) is 12.1 Å². The lowest BCUT2D eigenvalue weighted by Crippen LogP contribution is -2.43. The molecule has 0 unspecified atom stereocenters. The molecule has 1 fully saturated rings. The highest BCUT2D eigenvalue weighted by atomic mass is 32.1. The average molecular weight is 345 g/mol. The number of nitrogens with one attached hydrogen (secondary N) is 1. The van der Waals surface area contributed by atoms with Crippen LogP contribution in [0.2, 0.25) is 0 Å². The van der Waals surface area contributed by atoms with Gasteiger partial charge in [0, 0.05) is 48.9 Å². The number of ether oxygens (including phenoxy) is 1. The number of nitrogens with zero attached hydrogens (tertiary/aromatic N) is 2. The fraction of sp³-hybridized carbons (Fsp3) is 0.444. The SMILES string of the molecule is CO[C@@H]1CN(C(C)C)C[C@H]1NC(=O)c1cccc(-c2nccs2)c1. The highest BCUT2D eigenvalue weighted by Crippen LogP contribution is 2.23. The Morgan fingerprint density at radius 2 is 2.25 bits per heavy atom. The van der Waals surface area contributed by atoms with E-state index in [1.807, 2.05) is 29.6 Å². The van der Waals surface area contributed by atoms with Crippen LogP contribution in [0.5, 0.6) is 0 Å². The van der Waals surface area contributed by atoms with Gasteiger partial charge in [0.05, 0.1) is 12.1 Å². The third-order valence-corrected chi connectivity index (χ3v) is 5.27. The van der Waals surface area contributed by atoms with E-state index < -0.39 is 0 Å². The molecule has 3 rings (SSSR count). The molecule has 1 aliphatic heterocycles. The Morgan fingerprint density at radius 3 is 2.92 bits per heavy atom. The number of likely N-dealkylation sites (tertiary alicyclic amines) is 1. The summed E-state index contributed by atoms with van der Waals surface area (Å²) in [7, 11) is 1.71. The molecule has 2 aromatic rings. The van der Waals surface area contributed by atoms with E-state index in [4.69, 9.17) is 4.74 Å². The smallest absolute Gasteiger partial charge is 0.251 e. The predicted molar refractivity (Wildman–Crippen MR) is 96.3 cm³/mol. The summed E-state index contributed by atoms with van der Waals surface area (Å²) in [6, 6.07) is 8.05. The molecule has 1 aliphatic rings. The number of hydrogen-bond donors (Lipinski definition) is 1. The molecular formula is C18H23N3O2S. The number of carbonyl (C=O) groups excluding carboxylic acids is 1. The van der Waals surface area contributed by atoms with E-state index in [0.29, 0.717) is 11.6 Å². The van der Waals surface area contributed by atoms with Crippen molar-refractivity contribution in [2.45, 2.75) is 32.0 Å². The molecule has 24 heavy (non-hydrogen) atoms. The van der Waals surface area contributed by atoms with Crippen LogP contribution in [0, 0.1) is 0 Å². The largest absolute Gasteiger partial charge is 0.378 e. The Balaban J connectivity index is 1.72. The molecule has 1 saturated heterocycles. The normalized spacial score (nSPS) is 21.3. The van der Waals surface area contributed by atoms with Crippen molar-refractivity contribution in [3.05, 3.63) is 41.4 Å². The summed E-state index contributed by atoms with van der Waals surface area (Å²) in [5, 5.41) is 5.99. The van der Waals surface area contributed by atoms with Crippen LogP contribution < -0.4 is 5.32 Å². The van der Waals surface area contributed by atoms with Gasteiger partial charge in [-0.05, 0) is 26.0 Å². The molecule has 0 bridgehead atoms. The first kappa shape index (κ1) is 17.1. The summed E-state index contributed by atoms with van der Waals surface area (Å²) in [5.41, 5.74) is 1.62. The van der Waals surface area contributed by atoms with Crippen LogP contribution in [-0.2, 0) is 4.74 Å². The number of carbonyl (C=O) groups is 1. The summed E-state index contributed by atoms with van der Waals surface area (Å²) in [4.78, 5) is 19.3.